The van der Waals surface area contributed by atoms with Crippen LogP contribution in [0.3, 0.4) is 0 Å². The van der Waals surface area contributed by atoms with E-state index < -0.39 is 17.8 Å². The summed E-state index contributed by atoms with van der Waals surface area (Å²) >= 11 is 3.37. The molecule has 0 aliphatic carbocycles. The van der Waals surface area contributed by atoms with Gasteiger partial charge < -0.3 is 0 Å². The molecular formula is C13H7BrN2O3. The van der Waals surface area contributed by atoms with Gasteiger partial charge in [0.15, 0.2) is 0 Å². The minimum atomic E-state index is -0.902. The minimum Gasteiger partial charge on any atom is -0.269 e. The number of hydrogen-bond donors (Lipinski definition) is 1. The molecule has 1 N–H and O–H groups in total. The molecule has 5 nitrogen and oxygen atoms in total. The molecular weight excluding hydrogens is 312 g/mol. The fraction of sp³-hybridized carbons (Fsp3) is 0. The van der Waals surface area contributed by atoms with E-state index in [1.165, 1.54) is 0 Å². The molecule has 1 heterocycles. The number of nitrogens with zero attached hydrogens (tertiary/aromatic N) is 1. The molecule has 0 unspecified atom stereocenters. The molecule has 0 spiro atoms. The first-order valence-electron chi connectivity index (χ1n) is 5.45. The standard InChI is InChI=1S/C13H7BrN2O3/c14-9-3-1-8-6-10(4-2-7(8)5-9)16-12(18)11(17)15-13(16)19/h1-6H,(H,15,17,19). The Labute approximate surface area is 116 Å². The van der Waals surface area contributed by atoms with Crippen LogP contribution in [0.2, 0.25) is 0 Å². The minimum absolute atomic E-state index is 0.378. The van der Waals surface area contributed by atoms with Gasteiger partial charge in [0.25, 0.3) is 0 Å². The van der Waals surface area contributed by atoms with Crippen molar-refractivity contribution in [3.8, 4) is 0 Å². The quantitative estimate of drug-likeness (QED) is 0.647. The van der Waals surface area contributed by atoms with Crippen LogP contribution in [0, 0.1) is 0 Å². The summed E-state index contributed by atoms with van der Waals surface area (Å²) in [5, 5.41) is 3.81. The number of anilines is 1. The topological polar surface area (TPSA) is 66.5 Å². The fourth-order valence-corrected chi connectivity index (χ4v) is 2.36. The zero-order chi connectivity index (χ0) is 13.6. The zero-order valence-corrected chi connectivity index (χ0v) is 11.1. The number of halogens is 1. The number of benzene rings is 2. The Hall–Kier alpha value is -2.21. The number of carbonyl (C=O) groups is 3. The van der Waals surface area contributed by atoms with Gasteiger partial charge in [-0.25, -0.2) is 9.69 Å². The second-order valence-electron chi connectivity index (χ2n) is 4.08. The molecule has 2 aromatic carbocycles. The summed E-state index contributed by atoms with van der Waals surface area (Å²) < 4.78 is 0.943. The van der Waals surface area contributed by atoms with Crippen molar-refractivity contribution in [3.63, 3.8) is 0 Å². The Balaban J connectivity index is 2.11. The maximum absolute atomic E-state index is 11.6. The predicted octanol–water partition coefficient (Wildman–Crippen LogP) is 2.19. The molecule has 19 heavy (non-hydrogen) atoms. The van der Waals surface area contributed by atoms with E-state index in [-0.39, 0.29) is 0 Å². The number of carbonyl (C=O) groups excluding carboxylic acids is 3. The summed E-state index contributed by atoms with van der Waals surface area (Å²) in [6, 6.07) is 10.1. The molecule has 0 atom stereocenters. The molecule has 1 saturated heterocycles. The molecule has 3 rings (SSSR count). The van der Waals surface area contributed by atoms with E-state index in [2.05, 4.69) is 15.9 Å². The lowest BCUT2D eigenvalue weighted by Gasteiger charge is -2.12. The van der Waals surface area contributed by atoms with Gasteiger partial charge in [0.1, 0.15) is 0 Å². The molecule has 1 aliphatic heterocycles. The smallest absolute Gasteiger partial charge is 0.269 e. The Bertz CT molecular complexity index is 742. The zero-order valence-electron chi connectivity index (χ0n) is 9.51. The van der Waals surface area contributed by atoms with Gasteiger partial charge in [-0.1, -0.05) is 28.1 Å². The SMILES string of the molecule is O=C1NC(=O)N(c2ccc3cc(Br)ccc3c2)C1=O. The Morgan fingerprint density at radius 2 is 1.63 bits per heavy atom. The van der Waals surface area contributed by atoms with E-state index in [0.29, 0.717) is 5.69 Å². The summed E-state index contributed by atoms with van der Waals surface area (Å²) in [7, 11) is 0. The molecule has 6 heteroatoms. The van der Waals surface area contributed by atoms with Crippen molar-refractivity contribution in [1.82, 2.24) is 5.32 Å². The summed E-state index contributed by atoms with van der Waals surface area (Å²) in [6.07, 6.45) is 0. The third kappa shape index (κ3) is 1.90. The van der Waals surface area contributed by atoms with Crippen LogP contribution in [0.25, 0.3) is 10.8 Å². The number of hydrogen-bond acceptors (Lipinski definition) is 3. The van der Waals surface area contributed by atoms with Crippen LogP contribution in [0.4, 0.5) is 10.5 Å². The first kappa shape index (κ1) is 11.9. The third-order valence-electron chi connectivity index (χ3n) is 2.86. The summed E-state index contributed by atoms with van der Waals surface area (Å²) in [5.41, 5.74) is 0.378. The molecule has 2 aromatic rings. The summed E-state index contributed by atoms with van der Waals surface area (Å²) in [4.78, 5) is 35.1. The fourth-order valence-electron chi connectivity index (χ4n) is 1.98. The van der Waals surface area contributed by atoms with Crippen molar-refractivity contribution < 1.29 is 14.4 Å². The number of urea groups is 1. The highest BCUT2D eigenvalue weighted by molar-refractivity contribution is 9.10. The number of amides is 4. The van der Waals surface area contributed by atoms with E-state index in [4.69, 9.17) is 0 Å². The van der Waals surface area contributed by atoms with Crippen LogP contribution >= 0.6 is 15.9 Å². The van der Waals surface area contributed by atoms with Crippen molar-refractivity contribution in [2.45, 2.75) is 0 Å². The van der Waals surface area contributed by atoms with Crippen molar-refractivity contribution >= 4 is 50.2 Å². The highest BCUT2D eigenvalue weighted by atomic mass is 79.9. The largest absolute Gasteiger partial charge is 0.336 e. The lowest BCUT2D eigenvalue weighted by atomic mass is 10.1. The maximum atomic E-state index is 11.6. The Morgan fingerprint density at radius 3 is 2.32 bits per heavy atom. The van der Waals surface area contributed by atoms with Crippen LogP contribution in [0.15, 0.2) is 40.9 Å². The number of imide groups is 2. The maximum Gasteiger partial charge on any atom is 0.336 e. The third-order valence-corrected chi connectivity index (χ3v) is 3.36. The number of rotatable bonds is 1. The van der Waals surface area contributed by atoms with Crippen LogP contribution in [0.1, 0.15) is 0 Å². The second kappa shape index (κ2) is 4.17. The van der Waals surface area contributed by atoms with Gasteiger partial charge in [-0.05, 0) is 35.0 Å². The molecule has 0 bridgehead atoms. The number of fused-ring (bicyclic) bond motifs is 1. The van der Waals surface area contributed by atoms with Gasteiger partial charge in [-0.15, -0.1) is 0 Å². The summed E-state index contributed by atoms with van der Waals surface area (Å²) in [5.74, 6) is -1.76. The van der Waals surface area contributed by atoms with Gasteiger partial charge in [0.05, 0.1) is 5.69 Å². The van der Waals surface area contributed by atoms with E-state index in [9.17, 15) is 14.4 Å². The van der Waals surface area contributed by atoms with E-state index in [0.717, 1.165) is 20.1 Å². The average molecular weight is 319 g/mol. The molecule has 0 radical (unpaired) electrons. The highest BCUT2D eigenvalue weighted by Gasteiger charge is 2.37. The van der Waals surface area contributed by atoms with Gasteiger partial charge >= 0.3 is 17.8 Å². The normalized spacial score (nSPS) is 15.2. The molecule has 4 amide bonds. The van der Waals surface area contributed by atoms with Crippen molar-refractivity contribution in [2.75, 3.05) is 4.90 Å². The Kier molecular flexibility index (Phi) is 2.60. The predicted molar refractivity (Wildman–Crippen MR) is 72.7 cm³/mol. The Morgan fingerprint density at radius 1 is 0.947 bits per heavy atom. The van der Waals surface area contributed by atoms with E-state index in [1.807, 2.05) is 23.5 Å². The number of nitrogens with one attached hydrogen (secondary N) is 1. The second-order valence-corrected chi connectivity index (χ2v) is 4.99. The lowest BCUT2D eigenvalue weighted by Crippen LogP contribution is -2.30. The van der Waals surface area contributed by atoms with Crippen molar-refractivity contribution in [2.24, 2.45) is 0 Å². The first-order valence-corrected chi connectivity index (χ1v) is 6.24. The molecule has 0 saturated carbocycles. The molecule has 1 aliphatic rings. The first-order chi connectivity index (χ1) is 9.06. The molecule has 94 valence electrons. The van der Waals surface area contributed by atoms with Crippen LogP contribution in [-0.2, 0) is 9.59 Å². The van der Waals surface area contributed by atoms with E-state index in [1.54, 1.807) is 18.2 Å². The monoisotopic (exact) mass is 318 g/mol. The van der Waals surface area contributed by atoms with Gasteiger partial charge in [-0.2, -0.15) is 0 Å². The van der Waals surface area contributed by atoms with Crippen molar-refractivity contribution in [3.05, 3.63) is 40.9 Å². The molecule has 0 aromatic heterocycles. The highest BCUT2D eigenvalue weighted by Crippen LogP contribution is 2.26. The molecule has 1 fully saturated rings. The van der Waals surface area contributed by atoms with Crippen molar-refractivity contribution in [1.29, 1.82) is 0 Å². The van der Waals surface area contributed by atoms with E-state index >= 15 is 0 Å². The average Bonchev–Trinajstić information content (AvgIpc) is 2.63. The summed E-state index contributed by atoms with van der Waals surface area (Å²) in [6.45, 7) is 0. The van der Waals surface area contributed by atoms with Gasteiger partial charge in [-0.3, -0.25) is 14.9 Å². The van der Waals surface area contributed by atoms with Crippen LogP contribution < -0.4 is 10.2 Å². The van der Waals surface area contributed by atoms with Gasteiger partial charge in [0.2, 0.25) is 0 Å². The van der Waals surface area contributed by atoms with Crippen LogP contribution in [-0.4, -0.2) is 17.8 Å². The van der Waals surface area contributed by atoms with Crippen LogP contribution in [0.5, 0.6) is 0 Å². The lowest BCUT2D eigenvalue weighted by molar-refractivity contribution is -0.134. The van der Waals surface area contributed by atoms with Gasteiger partial charge in [0, 0.05) is 4.47 Å².